The van der Waals surface area contributed by atoms with Gasteiger partial charge in [0.05, 0.1) is 0 Å². The Morgan fingerprint density at radius 2 is 2.14 bits per heavy atom. The maximum atomic E-state index is 13.4. The molecule has 1 nitrogen and oxygen atoms in total. The zero-order valence-electron chi connectivity index (χ0n) is 7.53. The monoisotopic (exact) mass is 207 g/mol. The highest BCUT2D eigenvalue weighted by Gasteiger charge is 2.03. The molecule has 0 aliphatic heterocycles. The summed E-state index contributed by atoms with van der Waals surface area (Å²) in [4.78, 5) is 1.08. The van der Waals surface area contributed by atoms with Gasteiger partial charge in [-0.2, -0.15) is 0 Å². The van der Waals surface area contributed by atoms with Gasteiger partial charge in [0, 0.05) is 17.0 Å². The Labute approximate surface area is 86.0 Å². The molecule has 0 radical (unpaired) electrons. The molecule has 0 atom stereocenters. The molecule has 0 aliphatic rings. The molecule has 0 amide bonds. The predicted octanol–water partition coefficient (Wildman–Crippen LogP) is 3.01. The summed E-state index contributed by atoms with van der Waals surface area (Å²) >= 11 is 1.60. The standard InChI is InChI=1S/C11H10FNS/c12-10-6-8(3-4-9(10)7-13)11-2-1-5-14-11/h1-6H,7,13H2. The lowest BCUT2D eigenvalue weighted by molar-refractivity contribution is 0.611. The molecule has 1 aromatic heterocycles. The van der Waals surface area contributed by atoms with Crippen LogP contribution in [0.5, 0.6) is 0 Å². The SMILES string of the molecule is NCc1ccc(-c2cccs2)cc1F. The molecule has 0 saturated heterocycles. The minimum atomic E-state index is -0.224. The zero-order valence-corrected chi connectivity index (χ0v) is 8.35. The van der Waals surface area contributed by atoms with E-state index in [2.05, 4.69) is 0 Å². The van der Waals surface area contributed by atoms with Crippen LogP contribution >= 0.6 is 11.3 Å². The maximum absolute atomic E-state index is 13.4. The molecule has 0 fully saturated rings. The van der Waals surface area contributed by atoms with Crippen molar-refractivity contribution in [3.8, 4) is 10.4 Å². The largest absolute Gasteiger partial charge is 0.326 e. The number of rotatable bonds is 2. The van der Waals surface area contributed by atoms with Gasteiger partial charge in [-0.15, -0.1) is 11.3 Å². The number of hydrogen-bond acceptors (Lipinski definition) is 2. The average molecular weight is 207 g/mol. The first-order chi connectivity index (χ1) is 6.81. The molecule has 14 heavy (non-hydrogen) atoms. The third-order valence-electron chi connectivity index (χ3n) is 2.08. The molecular weight excluding hydrogens is 197 g/mol. The third kappa shape index (κ3) is 1.69. The van der Waals surface area contributed by atoms with Gasteiger partial charge in [-0.05, 0) is 23.1 Å². The van der Waals surface area contributed by atoms with Crippen molar-refractivity contribution in [2.45, 2.75) is 6.54 Å². The van der Waals surface area contributed by atoms with Crippen LogP contribution in [0.25, 0.3) is 10.4 Å². The molecule has 0 saturated carbocycles. The Morgan fingerprint density at radius 3 is 2.71 bits per heavy atom. The summed E-state index contributed by atoms with van der Waals surface area (Å²) in [6.07, 6.45) is 0. The summed E-state index contributed by atoms with van der Waals surface area (Å²) in [5.74, 6) is -0.224. The first-order valence-corrected chi connectivity index (χ1v) is 5.21. The highest BCUT2D eigenvalue weighted by atomic mass is 32.1. The van der Waals surface area contributed by atoms with Gasteiger partial charge in [0.1, 0.15) is 5.82 Å². The van der Waals surface area contributed by atoms with Crippen LogP contribution in [0.1, 0.15) is 5.56 Å². The molecule has 0 aliphatic carbocycles. The lowest BCUT2D eigenvalue weighted by atomic mass is 10.1. The molecule has 3 heteroatoms. The second-order valence-electron chi connectivity index (χ2n) is 2.99. The predicted molar refractivity (Wildman–Crippen MR) is 57.6 cm³/mol. The Morgan fingerprint density at radius 1 is 1.29 bits per heavy atom. The summed E-state index contributed by atoms with van der Waals surface area (Å²) in [6.45, 7) is 0.247. The Kier molecular flexibility index (Phi) is 2.61. The normalized spacial score (nSPS) is 10.4. The first-order valence-electron chi connectivity index (χ1n) is 4.33. The minimum Gasteiger partial charge on any atom is -0.326 e. The second-order valence-corrected chi connectivity index (χ2v) is 3.94. The Hall–Kier alpha value is -1.19. The quantitative estimate of drug-likeness (QED) is 0.804. The molecule has 2 rings (SSSR count). The fourth-order valence-electron chi connectivity index (χ4n) is 1.31. The van der Waals surface area contributed by atoms with Crippen LogP contribution in [0, 0.1) is 5.82 Å². The number of benzene rings is 1. The Bertz CT molecular complexity index is 423. The molecule has 1 aromatic carbocycles. The highest BCUT2D eigenvalue weighted by molar-refractivity contribution is 7.13. The van der Waals surface area contributed by atoms with Crippen LogP contribution in [-0.2, 0) is 6.54 Å². The van der Waals surface area contributed by atoms with Gasteiger partial charge >= 0.3 is 0 Å². The van der Waals surface area contributed by atoms with Crippen molar-refractivity contribution < 1.29 is 4.39 Å². The molecule has 0 spiro atoms. The van der Waals surface area contributed by atoms with E-state index in [4.69, 9.17) is 5.73 Å². The van der Waals surface area contributed by atoms with Gasteiger partial charge in [-0.25, -0.2) is 4.39 Å². The van der Waals surface area contributed by atoms with Crippen molar-refractivity contribution >= 4 is 11.3 Å². The average Bonchev–Trinajstić information content (AvgIpc) is 2.70. The van der Waals surface area contributed by atoms with Crippen molar-refractivity contribution in [2.75, 3.05) is 0 Å². The lowest BCUT2D eigenvalue weighted by Gasteiger charge is -2.02. The molecule has 2 aromatic rings. The molecule has 0 bridgehead atoms. The molecule has 1 heterocycles. The highest BCUT2D eigenvalue weighted by Crippen LogP contribution is 2.25. The van der Waals surface area contributed by atoms with Crippen molar-refractivity contribution in [1.29, 1.82) is 0 Å². The smallest absolute Gasteiger partial charge is 0.128 e. The van der Waals surface area contributed by atoms with Gasteiger partial charge in [-0.1, -0.05) is 18.2 Å². The minimum absolute atomic E-state index is 0.224. The van der Waals surface area contributed by atoms with Crippen LogP contribution in [-0.4, -0.2) is 0 Å². The van der Waals surface area contributed by atoms with E-state index in [1.165, 1.54) is 6.07 Å². The van der Waals surface area contributed by atoms with Crippen LogP contribution in [0.4, 0.5) is 4.39 Å². The van der Waals surface area contributed by atoms with E-state index in [0.717, 1.165) is 10.4 Å². The summed E-state index contributed by atoms with van der Waals surface area (Å²) in [5.41, 5.74) is 6.85. The van der Waals surface area contributed by atoms with Gasteiger partial charge in [-0.3, -0.25) is 0 Å². The van der Waals surface area contributed by atoms with E-state index in [1.807, 2.05) is 23.6 Å². The van der Waals surface area contributed by atoms with Gasteiger partial charge in [0.25, 0.3) is 0 Å². The number of thiophene rings is 1. The van der Waals surface area contributed by atoms with Crippen molar-refractivity contribution in [1.82, 2.24) is 0 Å². The van der Waals surface area contributed by atoms with E-state index in [9.17, 15) is 4.39 Å². The number of hydrogen-bond donors (Lipinski definition) is 1. The Balaban J connectivity index is 2.43. The van der Waals surface area contributed by atoms with E-state index in [-0.39, 0.29) is 12.4 Å². The maximum Gasteiger partial charge on any atom is 0.128 e. The van der Waals surface area contributed by atoms with Gasteiger partial charge < -0.3 is 5.73 Å². The fraction of sp³-hybridized carbons (Fsp3) is 0.0909. The summed E-state index contributed by atoms with van der Waals surface area (Å²) < 4.78 is 13.4. The lowest BCUT2D eigenvalue weighted by Crippen LogP contribution is -1.99. The number of nitrogens with two attached hydrogens (primary N) is 1. The zero-order chi connectivity index (χ0) is 9.97. The summed E-state index contributed by atoms with van der Waals surface area (Å²) in [5, 5.41) is 1.98. The van der Waals surface area contributed by atoms with Gasteiger partial charge in [0.2, 0.25) is 0 Å². The third-order valence-corrected chi connectivity index (χ3v) is 3.00. The van der Waals surface area contributed by atoms with Gasteiger partial charge in [0.15, 0.2) is 0 Å². The van der Waals surface area contributed by atoms with Crippen molar-refractivity contribution in [3.63, 3.8) is 0 Å². The second kappa shape index (κ2) is 3.90. The van der Waals surface area contributed by atoms with Crippen LogP contribution in [0.15, 0.2) is 35.7 Å². The van der Waals surface area contributed by atoms with E-state index in [0.29, 0.717) is 5.56 Å². The van der Waals surface area contributed by atoms with Crippen molar-refractivity contribution in [3.05, 3.63) is 47.1 Å². The molecular formula is C11H10FNS. The van der Waals surface area contributed by atoms with Crippen LogP contribution < -0.4 is 5.73 Å². The van der Waals surface area contributed by atoms with E-state index in [1.54, 1.807) is 17.4 Å². The summed E-state index contributed by atoms with van der Waals surface area (Å²) in [6, 6.07) is 9.10. The van der Waals surface area contributed by atoms with E-state index < -0.39 is 0 Å². The van der Waals surface area contributed by atoms with Crippen LogP contribution in [0.3, 0.4) is 0 Å². The topological polar surface area (TPSA) is 26.0 Å². The van der Waals surface area contributed by atoms with Crippen molar-refractivity contribution in [2.24, 2.45) is 5.73 Å². The summed E-state index contributed by atoms with van der Waals surface area (Å²) in [7, 11) is 0. The molecule has 0 unspecified atom stereocenters. The first kappa shape index (κ1) is 9.37. The van der Waals surface area contributed by atoms with E-state index >= 15 is 0 Å². The molecule has 2 N–H and O–H groups in total. The fourth-order valence-corrected chi connectivity index (χ4v) is 2.03. The number of halogens is 1. The molecule has 72 valence electrons. The van der Waals surface area contributed by atoms with Crippen LogP contribution in [0.2, 0.25) is 0 Å².